The van der Waals surface area contributed by atoms with E-state index in [1.807, 2.05) is 65.2 Å². The molecule has 6 nitrogen and oxygen atoms in total. The Kier molecular flexibility index (Phi) is 8.25. The van der Waals surface area contributed by atoms with E-state index in [4.69, 9.17) is 5.26 Å². The van der Waals surface area contributed by atoms with Gasteiger partial charge in [-0.15, -0.1) is 10.2 Å². The van der Waals surface area contributed by atoms with E-state index in [0.717, 1.165) is 11.3 Å². The third-order valence-corrected chi connectivity index (χ3v) is 6.39. The molecule has 0 saturated carbocycles. The number of carbonyl (C=O) groups excluding carboxylic acids is 1. The van der Waals surface area contributed by atoms with Crippen LogP contribution >= 0.6 is 11.8 Å². The highest BCUT2D eigenvalue weighted by Gasteiger charge is 2.20. The third-order valence-electron chi connectivity index (χ3n) is 5.44. The molecule has 0 fully saturated rings. The summed E-state index contributed by atoms with van der Waals surface area (Å²) in [6.07, 6.45) is 0.941. The average molecular weight is 486 g/mol. The summed E-state index contributed by atoms with van der Waals surface area (Å²) in [6, 6.07) is 27.9. The lowest BCUT2D eigenvalue weighted by atomic mass is 10.1. The smallest absolute Gasteiger partial charge is 0.237 e. The van der Waals surface area contributed by atoms with Crippen LogP contribution in [0.25, 0.3) is 11.4 Å². The van der Waals surface area contributed by atoms with E-state index in [9.17, 15) is 9.18 Å². The summed E-state index contributed by atoms with van der Waals surface area (Å²) < 4.78 is 16.4. The number of amides is 1. The number of nitrogens with zero attached hydrogens (tertiary/aromatic N) is 5. The maximum absolute atomic E-state index is 14.6. The zero-order valence-electron chi connectivity index (χ0n) is 19.0. The largest absolute Gasteiger partial charge is 0.311 e. The van der Waals surface area contributed by atoms with E-state index in [1.54, 1.807) is 23.1 Å². The molecule has 8 heteroatoms. The molecule has 0 aliphatic heterocycles. The summed E-state index contributed by atoms with van der Waals surface area (Å²) in [5, 5.41) is 18.1. The fourth-order valence-corrected chi connectivity index (χ4v) is 4.54. The number of halogens is 1. The number of hydrogen-bond donors (Lipinski definition) is 0. The Balaban J connectivity index is 1.57. The maximum Gasteiger partial charge on any atom is 0.237 e. The van der Waals surface area contributed by atoms with Crippen molar-refractivity contribution in [3.8, 4) is 17.5 Å². The standard InChI is InChI=1S/C27H24FN5OS/c28-24-15-8-7-14-23(24)26-30-31-27(33(26)19-16-21-10-3-1-4-11-21)35-20-25(34)32(18-9-17-29)22-12-5-2-6-13-22/h1-8,10-15H,9,16,18-20H2. The van der Waals surface area contributed by atoms with Crippen LogP contribution in [0.3, 0.4) is 0 Å². The second-order valence-corrected chi connectivity index (χ2v) is 8.69. The highest BCUT2D eigenvalue weighted by molar-refractivity contribution is 7.99. The predicted octanol–water partition coefficient (Wildman–Crippen LogP) is 5.37. The first-order valence-corrected chi connectivity index (χ1v) is 12.2. The van der Waals surface area contributed by atoms with Gasteiger partial charge < -0.3 is 9.47 Å². The van der Waals surface area contributed by atoms with Gasteiger partial charge in [-0.05, 0) is 36.2 Å². The Morgan fingerprint density at radius 2 is 1.66 bits per heavy atom. The Morgan fingerprint density at radius 3 is 2.37 bits per heavy atom. The number of nitriles is 1. The van der Waals surface area contributed by atoms with Crippen molar-refractivity contribution < 1.29 is 9.18 Å². The summed E-state index contributed by atoms with van der Waals surface area (Å²) in [5.41, 5.74) is 2.25. The molecule has 0 unspecified atom stereocenters. The van der Waals surface area contributed by atoms with Gasteiger partial charge in [0.25, 0.3) is 0 Å². The molecule has 1 amide bonds. The summed E-state index contributed by atoms with van der Waals surface area (Å²) >= 11 is 1.26. The van der Waals surface area contributed by atoms with Crippen LogP contribution < -0.4 is 4.90 Å². The summed E-state index contributed by atoms with van der Waals surface area (Å²) in [7, 11) is 0. The lowest BCUT2D eigenvalue weighted by molar-refractivity contribution is -0.116. The molecule has 1 heterocycles. The molecule has 3 aromatic carbocycles. The zero-order chi connectivity index (χ0) is 24.5. The van der Waals surface area contributed by atoms with Crippen molar-refractivity contribution >= 4 is 23.4 Å². The fraction of sp³-hybridized carbons (Fsp3) is 0.185. The number of benzene rings is 3. The second-order valence-electron chi connectivity index (χ2n) is 7.75. The first-order chi connectivity index (χ1) is 17.2. The van der Waals surface area contributed by atoms with Crippen LogP contribution in [0.4, 0.5) is 10.1 Å². The number of carbonyl (C=O) groups is 1. The van der Waals surface area contributed by atoms with Gasteiger partial charge >= 0.3 is 0 Å². The maximum atomic E-state index is 14.6. The van der Waals surface area contributed by atoms with E-state index in [1.165, 1.54) is 17.8 Å². The summed E-state index contributed by atoms with van der Waals surface area (Å²) in [5.74, 6) is 0.0289. The highest BCUT2D eigenvalue weighted by Crippen LogP contribution is 2.27. The summed E-state index contributed by atoms with van der Waals surface area (Å²) in [6.45, 7) is 0.842. The van der Waals surface area contributed by atoms with Crippen LogP contribution in [-0.2, 0) is 17.8 Å². The Morgan fingerprint density at radius 1 is 0.971 bits per heavy atom. The average Bonchev–Trinajstić information content (AvgIpc) is 3.30. The van der Waals surface area contributed by atoms with E-state index in [2.05, 4.69) is 16.3 Å². The van der Waals surface area contributed by atoms with Gasteiger partial charge in [-0.1, -0.05) is 72.4 Å². The molecule has 0 radical (unpaired) electrons. The van der Waals surface area contributed by atoms with Crippen molar-refractivity contribution in [2.24, 2.45) is 0 Å². The fourth-order valence-electron chi connectivity index (χ4n) is 3.70. The molecule has 4 rings (SSSR count). The lowest BCUT2D eigenvalue weighted by Gasteiger charge is -2.21. The molecule has 0 saturated heterocycles. The van der Waals surface area contributed by atoms with Gasteiger partial charge in [-0.3, -0.25) is 4.79 Å². The van der Waals surface area contributed by atoms with Gasteiger partial charge in [0.1, 0.15) is 5.82 Å². The van der Waals surface area contributed by atoms with Crippen molar-refractivity contribution in [3.05, 3.63) is 96.3 Å². The van der Waals surface area contributed by atoms with Crippen LogP contribution in [0, 0.1) is 17.1 Å². The molecule has 0 spiro atoms. The van der Waals surface area contributed by atoms with Crippen molar-refractivity contribution in [2.45, 2.75) is 24.5 Å². The monoisotopic (exact) mass is 485 g/mol. The van der Waals surface area contributed by atoms with Crippen LogP contribution in [0.15, 0.2) is 90.1 Å². The van der Waals surface area contributed by atoms with Crippen LogP contribution in [-0.4, -0.2) is 33.0 Å². The SMILES string of the molecule is N#CCCN(C(=O)CSc1nnc(-c2ccccc2F)n1CCc1ccccc1)c1ccccc1. The quantitative estimate of drug-likeness (QED) is 0.283. The van der Waals surface area contributed by atoms with Crippen LogP contribution in [0.2, 0.25) is 0 Å². The number of aromatic nitrogens is 3. The minimum absolute atomic E-state index is 0.112. The van der Waals surface area contributed by atoms with Gasteiger partial charge in [0.2, 0.25) is 5.91 Å². The molecular formula is C27H24FN5OS. The molecule has 0 N–H and O–H groups in total. The summed E-state index contributed by atoms with van der Waals surface area (Å²) in [4.78, 5) is 14.7. The first-order valence-electron chi connectivity index (χ1n) is 11.2. The van der Waals surface area contributed by atoms with Crippen molar-refractivity contribution in [1.29, 1.82) is 5.26 Å². The Hall–Kier alpha value is -3.96. The second kappa shape index (κ2) is 12.0. The molecule has 0 atom stereocenters. The predicted molar refractivity (Wildman–Crippen MR) is 135 cm³/mol. The third kappa shape index (κ3) is 6.14. The van der Waals surface area contributed by atoms with Crippen molar-refractivity contribution in [3.63, 3.8) is 0 Å². The number of anilines is 1. The molecule has 0 bridgehead atoms. The number of hydrogen-bond acceptors (Lipinski definition) is 5. The highest BCUT2D eigenvalue weighted by atomic mass is 32.2. The molecule has 176 valence electrons. The van der Waals surface area contributed by atoms with Gasteiger partial charge in [-0.2, -0.15) is 5.26 Å². The molecule has 35 heavy (non-hydrogen) atoms. The van der Waals surface area contributed by atoms with E-state index in [0.29, 0.717) is 36.1 Å². The van der Waals surface area contributed by atoms with Crippen molar-refractivity contribution in [2.75, 3.05) is 17.2 Å². The minimum atomic E-state index is -0.375. The molecular weight excluding hydrogens is 461 g/mol. The minimum Gasteiger partial charge on any atom is -0.311 e. The molecule has 4 aromatic rings. The van der Waals surface area contributed by atoms with Gasteiger partial charge in [0.15, 0.2) is 11.0 Å². The lowest BCUT2D eigenvalue weighted by Crippen LogP contribution is -2.33. The van der Waals surface area contributed by atoms with Crippen LogP contribution in [0.1, 0.15) is 12.0 Å². The topological polar surface area (TPSA) is 74.8 Å². The zero-order valence-corrected chi connectivity index (χ0v) is 19.9. The van der Waals surface area contributed by atoms with E-state index < -0.39 is 0 Å². The number of rotatable bonds is 10. The van der Waals surface area contributed by atoms with Gasteiger partial charge in [0.05, 0.1) is 23.8 Å². The van der Waals surface area contributed by atoms with E-state index >= 15 is 0 Å². The Labute approximate surface area is 208 Å². The molecule has 1 aromatic heterocycles. The normalized spacial score (nSPS) is 10.6. The van der Waals surface area contributed by atoms with Crippen molar-refractivity contribution in [1.82, 2.24) is 14.8 Å². The molecule has 0 aliphatic rings. The number of thioether (sulfide) groups is 1. The number of para-hydroxylation sites is 1. The van der Waals surface area contributed by atoms with Crippen LogP contribution in [0.5, 0.6) is 0 Å². The molecule has 0 aliphatic carbocycles. The van der Waals surface area contributed by atoms with Gasteiger partial charge in [-0.25, -0.2) is 4.39 Å². The number of aryl methyl sites for hydroxylation is 1. The Bertz CT molecular complexity index is 1300. The van der Waals surface area contributed by atoms with E-state index in [-0.39, 0.29) is 23.9 Å². The first kappa shape index (κ1) is 24.2. The van der Waals surface area contributed by atoms with Gasteiger partial charge in [0, 0.05) is 18.8 Å².